The highest BCUT2D eigenvalue weighted by molar-refractivity contribution is 8.18. The number of imide groups is 1. The summed E-state index contributed by atoms with van der Waals surface area (Å²) in [6.45, 7) is 0.0818. The number of fused-ring (bicyclic) bond motifs is 1. The van der Waals surface area contributed by atoms with Crippen LogP contribution in [0.15, 0.2) is 35.4 Å². The van der Waals surface area contributed by atoms with Crippen molar-refractivity contribution in [3.63, 3.8) is 0 Å². The summed E-state index contributed by atoms with van der Waals surface area (Å²) in [5, 5.41) is 2.73. The number of carbonyl (C=O) groups is 3. The minimum Gasteiger partial charge on any atom is -0.468 e. The van der Waals surface area contributed by atoms with Crippen molar-refractivity contribution in [3.8, 4) is 0 Å². The van der Waals surface area contributed by atoms with Gasteiger partial charge in [-0.15, -0.1) is 0 Å². The third kappa shape index (κ3) is 2.62. The second-order valence-electron chi connectivity index (χ2n) is 4.66. The Morgan fingerprint density at radius 1 is 1.36 bits per heavy atom. The Morgan fingerprint density at radius 3 is 2.82 bits per heavy atom. The lowest BCUT2D eigenvalue weighted by molar-refractivity contribution is -0.141. The molecule has 112 valence electrons. The standard InChI is InChI=1S/C15H12N2O4S/c1-21-13(18)8-17-7-9(10-4-2-3-5-11(10)17)6-12-14(19)16-15(20)22-12/h2-7H,8H2,1H3,(H,16,19,20)/b12-6+. The van der Waals surface area contributed by atoms with Crippen LogP contribution in [0.4, 0.5) is 4.79 Å². The molecule has 0 spiro atoms. The molecule has 1 N–H and O–H groups in total. The second kappa shape index (κ2) is 5.69. The van der Waals surface area contributed by atoms with E-state index in [0.29, 0.717) is 4.91 Å². The predicted octanol–water partition coefficient (Wildman–Crippen LogP) is 2.14. The Hall–Kier alpha value is -2.54. The number of esters is 1. The van der Waals surface area contributed by atoms with E-state index in [-0.39, 0.29) is 17.8 Å². The van der Waals surface area contributed by atoms with Crippen LogP contribution in [-0.4, -0.2) is 28.8 Å². The number of rotatable bonds is 3. The Bertz CT molecular complexity index is 822. The maximum absolute atomic E-state index is 11.7. The van der Waals surface area contributed by atoms with Crippen molar-refractivity contribution < 1.29 is 19.1 Å². The van der Waals surface area contributed by atoms with Gasteiger partial charge < -0.3 is 9.30 Å². The highest BCUT2D eigenvalue weighted by Gasteiger charge is 2.25. The van der Waals surface area contributed by atoms with Gasteiger partial charge in [-0.3, -0.25) is 19.7 Å². The van der Waals surface area contributed by atoms with E-state index in [9.17, 15) is 14.4 Å². The number of nitrogens with one attached hydrogen (secondary N) is 1. The van der Waals surface area contributed by atoms with Crippen LogP contribution in [0.25, 0.3) is 17.0 Å². The Labute approximate surface area is 130 Å². The average molecular weight is 316 g/mol. The highest BCUT2D eigenvalue weighted by atomic mass is 32.2. The van der Waals surface area contributed by atoms with Gasteiger partial charge in [-0.05, 0) is 23.9 Å². The lowest BCUT2D eigenvalue weighted by Crippen LogP contribution is -2.17. The van der Waals surface area contributed by atoms with E-state index in [1.165, 1.54) is 7.11 Å². The Kier molecular flexibility index (Phi) is 3.72. The first-order valence-corrected chi connectivity index (χ1v) is 7.29. The molecule has 2 aromatic rings. The molecule has 0 radical (unpaired) electrons. The number of thioether (sulfide) groups is 1. The summed E-state index contributed by atoms with van der Waals surface area (Å²) < 4.78 is 6.45. The van der Waals surface area contributed by atoms with Crippen molar-refractivity contribution in [2.24, 2.45) is 0 Å². The Balaban J connectivity index is 2.07. The summed E-state index contributed by atoms with van der Waals surface area (Å²) in [6.07, 6.45) is 3.42. The van der Waals surface area contributed by atoms with Crippen molar-refractivity contribution >= 4 is 45.9 Å². The van der Waals surface area contributed by atoms with E-state index in [1.807, 2.05) is 24.3 Å². The third-order valence-corrected chi connectivity index (χ3v) is 4.09. The summed E-state index contributed by atoms with van der Waals surface area (Å²) in [5.74, 6) is -0.761. The van der Waals surface area contributed by atoms with Gasteiger partial charge >= 0.3 is 5.97 Å². The number of ether oxygens (including phenoxy) is 1. The van der Waals surface area contributed by atoms with Crippen LogP contribution in [0, 0.1) is 0 Å². The molecular formula is C15H12N2O4S. The molecule has 1 aromatic heterocycles. The van der Waals surface area contributed by atoms with Crippen LogP contribution >= 0.6 is 11.8 Å². The van der Waals surface area contributed by atoms with Gasteiger partial charge in [-0.25, -0.2) is 0 Å². The van der Waals surface area contributed by atoms with Gasteiger partial charge in [0.05, 0.1) is 12.0 Å². The fourth-order valence-electron chi connectivity index (χ4n) is 2.29. The largest absolute Gasteiger partial charge is 0.468 e. The fourth-order valence-corrected chi connectivity index (χ4v) is 2.96. The van der Waals surface area contributed by atoms with Crippen LogP contribution in [0.5, 0.6) is 0 Å². The maximum atomic E-state index is 11.7. The summed E-state index contributed by atoms with van der Waals surface area (Å²) in [7, 11) is 1.34. The second-order valence-corrected chi connectivity index (χ2v) is 5.67. The van der Waals surface area contributed by atoms with Crippen molar-refractivity contribution in [2.45, 2.75) is 6.54 Å². The molecule has 0 saturated carbocycles. The quantitative estimate of drug-likeness (QED) is 0.693. The summed E-state index contributed by atoms with van der Waals surface area (Å²) >= 11 is 0.865. The van der Waals surface area contributed by atoms with Crippen molar-refractivity contribution in [2.75, 3.05) is 7.11 Å². The van der Waals surface area contributed by atoms with Crippen LogP contribution in [0.1, 0.15) is 5.56 Å². The minimum atomic E-state index is -0.403. The molecule has 1 aliphatic heterocycles. The number of hydrogen-bond acceptors (Lipinski definition) is 5. The topological polar surface area (TPSA) is 77.4 Å². The van der Waals surface area contributed by atoms with Crippen LogP contribution in [-0.2, 0) is 20.9 Å². The van der Waals surface area contributed by atoms with Gasteiger partial charge in [0.15, 0.2) is 0 Å². The van der Waals surface area contributed by atoms with E-state index in [4.69, 9.17) is 0 Å². The molecule has 2 heterocycles. The summed E-state index contributed by atoms with van der Waals surface area (Å²) in [4.78, 5) is 34.7. The number of benzene rings is 1. The molecule has 2 amide bonds. The molecular weight excluding hydrogens is 304 g/mol. The van der Waals surface area contributed by atoms with Gasteiger partial charge in [-0.2, -0.15) is 0 Å². The van der Waals surface area contributed by atoms with E-state index >= 15 is 0 Å². The number of nitrogens with zero attached hydrogens (tertiary/aromatic N) is 1. The molecule has 0 bridgehead atoms. The molecule has 6 nitrogen and oxygen atoms in total. The van der Waals surface area contributed by atoms with Gasteiger partial charge in [0.1, 0.15) is 6.54 Å². The number of aromatic nitrogens is 1. The molecule has 7 heteroatoms. The van der Waals surface area contributed by atoms with E-state index < -0.39 is 5.91 Å². The van der Waals surface area contributed by atoms with Crippen LogP contribution in [0.3, 0.4) is 0 Å². The number of para-hydroxylation sites is 1. The highest BCUT2D eigenvalue weighted by Crippen LogP contribution is 2.29. The first kappa shape index (κ1) is 14.4. The Morgan fingerprint density at radius 2 is 2.14 bits per heavy atom. The maximum Gasteiger partial charge on any atom is 0.325 e. The van der Waals surface area contributed by atoms with E-state index in [1.54, 1.807) is 16.8 Å². The molecule has 1 fully saturated rings. The molecule has 1 aliphatic rings. The van der Waals surface area contributed by atoms with Crippen LogP contribution in [0.2, 0.25) is 0 Å². The normalized spacial score (nSPS) is 16.3. The first-order valence-electron chi connectivity index (χ1n) is 6.48. The summed E-state index contributed by atoms with van der Waals surface area (Å²) in [6, 6.07) is 7.52. The van der Waals surface area contributed by atoms with Gasteiger partial charge in [0.25, 0.3) is 11.1 Å². The molecule has 0 aliphatic carbocycles. The average Bonchev–Trinajstić information content (AvgIpc) is 3.00. The van der Waals surface area contributed by atoms with Crippen LogP contribution < -0.4 is 5.32 Å². The molecule has 0 atom stereocenters. The molecule has 22 heavy (non-hydrogen) atoms. The molecule has 0 unspecified atom stereocenters. The zero-order valence-electron chi connectivity index (χ0n) is 11.7. The zero-order chi connectivity index (χ0) is 15.7. The lowest BCUT2D eigenvalue weighted by Gasteiger charge is -2.02. The van der Waals surface area contributed by atoms with Gasteiger partial charge in [0, 0.05) is 22.7 Å². The van der Waals surface area contributed by atoms with Gasteiger partial charge in [-0.1, -0.05) is 18.2 Å². The number of carbonyl (C=O) groups excluding carboxylic acids is 3. The zero-order valence-corrected chi connectivity index (χ0v) is 12.5. The van der Waals surface area contributed by atoms with E-state index in [0.717, 1.165) is 28.2 Å². The minimum absolute atomic E-state index is 0.0818. The van der Waals surface area contributed by atoms with E-state index in [2.05, 4.69) is 10.1 Å². The smallest absolute Gasteiger partial charge is 0.325 e. The van der Waals surface area contributed by atoms with Crippen molar-refractivity contribution in [1.29, 1.82) is 0 Å². The number of amides is 2. The predicted molar refractivity (Wildman–Crippen MR) is 83.1 cm³/mol. The number of hydrogen-bond donors (Lipinski definition) is 1. The fraction of sp³-hybridized carbons (Fsp3) is 0.133. The molecule has 1 aromatic carbocycles. The monoisotopic (exact) mass is 316 g/mol. The number of methoxy groups -OCH3 is 1. The summed E-state index contributed by atoms with van der Waals surface area (Å²) in [5.41, 5.74) is 1.63. The molecule has 3 rings (SSSR count). The third-order valence-electron chi connectivity index (χ3n) is 3.28. The SMILES string of the molecule is COC(=O)Cn1cc(/C=C2/SC(=O)NC2=O)c2ccccc21. The first-order chi connectivity index (χ1) is 10.6. The lowest BCUT2D eigenvalue weighted by atomic mass is 10.1. The van der Waals surface area contributed by atoms with Gasteiger partial charge in [0.2, 0.25) is 0 Å². The van der Waals surface area contributed by atoms with Crippen molar-refractivity contribution in [1.82, 2.24) is 9.88 Å². The van der Waals surface area contributed by atoms with Crippen molar-refractivity contribution in [3.05, 3.63) is 40.9 Å². The molecule has 1 saturated heterocycles.